The summed E-state index contributed by atoms with van der Waals surface area (Å²) >= 11 is 8.35. The molecule has 0 radical (unpaired) electrons. The minimum Gasteiger partial charge on any atom is -0.399 e. The molecule has 0 fully saturated rings. The second kappa shape index (κ2) is 4.93. The summed E-state index contributed by atoms with van der Waals surface area (Å²) in [5.41, 5.74) is 8.24. The molecule has 2 nitrogen and oxygen atoms in total. The average Bonchev–Trinajstić information content (AvgIpc) is 2.22. The molecule has 0 saturated carbocycles. The number of anilines is 3. The van der Waals surface area contributed by atoms with Crippen molar-refractivity contribution in [3.05, 3.63) is 51.1 Å². The Labute approximate surface area is 113 Å². The average molecular weight is 345 g/mol. The smallest absolute Gasteiger partial charge is 0.0651 e. The largest absolute Gasteiger partial charge is 0.399 e. The molecule has 4 heteroatoms. The molecule has 0 aromatic heterocycles. The maximum absolute atomic E-state index is 6.12. The highest BCUT2D eigenvalue weighted by Gasteiger charge is 2.01. The van der Waals surface area contributed by atoms with Gasteiger partial charge in [-0.05, 0) is 59.0 Å². The zero-order valence-electron chi connectivity index (χ0n) is 8.37. The SMILES string of the molecule is Nc1cccc(Nc2ccc(I)cc2Cl)c1. The lowest BCUT2D eigenvalue weighted by molar-refractivity contribution is 1.53. The zero-order valence-corrected chi connectivity index (χ0v) is 11.3. The van der Waals surface area contributed by atoms with Crippen LogP contribution >= 0.6 is 34.2 Å². The summed E-state index contributed by atoms with van der Waals surface area (Å²) in [5, 5.41) is 3.93. The summed E-state index contributed by atoms with van der Waals surface area (Å²) in [5.74, 6) is 0. The number of nitrogen functional groups attached to an aromatic ring is 1. The van der Waals surface area contributed by atoms with Crippen LogP contribution in [-0.4, -0.2) is 0 Å². The molecule has 3 N–H and O–H groups in total. The molecule has 82 valence electrons. The lowest BCUT2D eigenvalue weighted by Crippen LogP contribution is -1.93. The normalized spacial score (nSPS) is 10.1. The molecule has 0 bridgehead atoms. The van der Waals surface area contributed by atoms with Crippen LogP contribution in [0.3, 0.4) is 0 Å². The first-order chi connectivity index (χ1) is 7.65. The molecule has 2 rings (SSSR count). The number of hydrogen-bond acceptors (Lipinski definition) is 2. The highest BCUT2D eigenvalue weighted by atomic mass is 127. The molecule has 2 aromatic rings. The van der Waals surface area contributed by atoms with Gasteiger partial charge in [0.25, 0.3) is 0 Å². The van der Waals surface area contributed by atoms with Gasteiger partial charge in [-0.15, -0.1) is 0 Å². The summed E-state index contributed by atoms with van der Waals surface area (Å²) in [6.45, 7) is 0. The molecule has 0 saturated heterocycles. The Morgan fingerprint density at radius 3 is 2.62 bits per heavy atom. The molecule has 0 spiro atoms. The van der Waals surface area contributed by atoms with Crippen LogP contribution in [-0.2, 0) is 0 Å². The van der Waals surface area contributed by atoms with Crippen molar-refractivity contribution >= 4 is 51.3 Å². The van der Waals surface area contributed by atoms with E-state index in [2.05, 4.69) is 27.9 Å². The molecule has 2 aromatic carbocycles. The Kier molecular flexibility index (Phi) is 3.56. The van der Waals surface area contributed by atoms with Crippen molar-refractivity contribution in [3.63, 3.8) is 0 Å². The third-order valence-electron chi connectivity index (χ3n) is 2.10. The third-order valence-corrected chi connectivity index (χ3v) is 3.08. The van der Waals surface area contributed by atoms with Gasteiger partial charge in [0, 0.05) is 14.9 Å². The zero-order chi connectivity index (χ0) is 11.5. The van der Waals surface area contributed by atoms with E-state index >= 15 is 0 Å². The van der Waals surface area contributed by atoms with Crippen LogP contribution in [0.4, 0.5) is 17.1 Å². The van der Waals surface area contributed by atoms with Gasteiger partial charge >= 0.3 is 0 Å². The predicted octanol–water partition coefficient (Wildman–Crippen LogP) is 4.27. The lowest BCUT2D eigenvalue weighted by Gasteiger charge is -2.09. The van der Waals surface area contributed by atoms with Crippen LogP contribution in [0.1, 0.15) is 0 Å². The summed E-state index contributed by atoms with van der Waals surface area (Å²) < 4.78 is 1.11. The molecular weight excluding hydrogens is 335 g/mol. The van der Waals surface area contributed by atoms with Gasteiger partial charge in [0.05, 0.1) is 10.7 Å². The molecule has 0 aliphatic carbocycles. The first kappa shape index (κ1) is 11.5. The second-order valence-electron chi connectivity index (χ2n) is 3.37. The molecular formula is C12H10ClIN2. The maximum Gasteiger partial charge on any atom is 0.0651 e. The van der Waals surface area contributed by atoms with E-state index in [9.17, 15) is 0 Å². The molecule has 0 atom stereocenters. The van der Waals surface area contributed by atoms with E-state index in [0.29, 0.717) is 5.02 Å². The molecule has 0 amide bonds. The Morgan fingerprint density at radius 2 is 1.94 bits per heavy atom. The van der Waals surface area contributed by atoms with Gasteiger partial charge in [0.15, 0.2) is 0 Å². The van der Waals surface area contributed by atoms with E-state index in [0.717, 1.165) is 20.6 Å². The second-order valence-corrected chi connectivity index (χ2v) is 5.03. The minimum absolute atomic E-state index is 0.703. The highest BCUT2D eigenvalue weighted by molar-refractivity contribution is 14.1. The van der Waals surface area contributed by atoms with Crippen LogP contribution in [0.25, 0.3) is 0 Å². The van der Waals surface area contributed by atoms with Gasteiger partial charge in [-0.25, -0.2) is 0 Å². The molecule has 0 heterocycles. The number of nitrogens with one attached hydrogen (secondary N) is 1. The third kappa shape index (κ3) is 2.80. The van der Waals surface area contributed by atoms with Crippen molar-refractivity contribution in [2.75, 3.05) is 11.1 Å². The van der Waals surface area contributed by atoms with Gasteiger partial charge in [-0.1, -0.05) is 17.7 Å². The Hall–Kier alpha value is -0.940. The number of benzene rings is 2. The number of nitrogens with two attached hydrogens (primary N) is 1. The van der Waals surface area contributed by atoms with Crippen molar-refractivity contribution in [1.29, 1.82) is 0 Å². The number of hydrogen-bond donors (Lipinski definition) is 2. The van der Waals surface area contributed by atoms with Crippen molar-refractivity contribution in [3.8, 4) is 0 Å². The maximum atomic E-state index is 6.12. The van der Waals surface area contributed by atoms with E-state index < -0.39 is 0 Å². The van der Waals surface area contributed by atoms with Gasteiger partial charge < -0.3 is 11.1 Å². The van der Waals surface area contributed by atoms with Gasteiger partial charge in [0.1, 0.15) is 0 Å². The first-order valence-electron chi connectivity index (χ1n) is 4.73. The quantitative estimate of drug-likeness (QED) is 0.631. The van der Waals surface area contributed by atoms with E-state index in [1.54, 1.807) is 0 Å². The summed E-state index contributed by atoms with van der Waals surface area (Å²) in [4.78, 5) is 0. The number of rotatable bonds is 2. The monoisotopic (exact) mass is 344 g/mol. The van der Waals surface area contributed by atoms with Gasteiger partial charge in [0.2, 0.25) is 0 Å². The van der Waals surface area contributed by atoms with Crippen LogP contribution in [0, 0.1) is 3.57 Å². The summed E-state index contributed by atoms with van der Waals surface area (Å²) in [6.07, 6.45) is 0. The van der Waals surface area contributed by atoms with Crippen molar-refractivity contribution in [2.24, 2.45) is 0 Å². The van der Waals surface area contributed by atoms with Crippen LogP contribution in [0.5, 0.6) is 0 Å². The van der Waals surface area contributed by atoms with E-state index in [1.165, 1.54) is 0 Å². The molecule has 0 aliphatic heterocycles. The predicted molar refractivity (Wildman–Crippen MR) is 78.3 cm³/mol. The Bertz CT molecular complexity index is 514. The summed E-state index contributed by atoms with van der Waals surface area (Å²) in [7, 11) is 0. The van der Waals surface area contributed by atoms with Crippen molar-refractivity contribution < 1.29 is 0 Å². The van der Waals surface area contributed by atoms with E-state index in [4.69, 9.17) is 17.3 Å². The molecule has 16 heavy (non-hydrogen) atoms. The number of halogens is 2. The highest BCUT2D eigenvalue weighted by Crippen LogP contribution is 2.27. The lowest BCUT2D eigenvalue weighted by atomic mass is 10.2. The minimum atomic E-state index is 0.703. The van der Waals surface area contributed by atoms with Gasteiger partial charge in [-0.2, -0.15) is 0 Å². The van der Waals surface area contributed by atoms with Crippen LogP contribution < -0.4 is 11.1 Å². The van der Waals surface area contributed by atoms with Crippen LogP contribution in [0.2, 0.25) is 5.02 Å². The fourth-order valence-corrected chi connectivity index (χ4v) is 2.27. The molecule has 0 unspecified atom stereocenters. The van der Waals surface area contributed by atoms with Crippen molar-refractivity contribution in [1.82, 2.24) is 0 Å². The van der Waals surface area contributed by atoms with E-state index in [-0.39, 0.29) is 0 Å². The fourth-order valence-electron chi connectivity index (χ4n) is 1.36. The Morgan fingerprint density at radius 1 is 1.12 bits per heavy atom. The first-order valence-corrected chi connectivity index (χ1v) is 6.18. The topological polar surface area (TPSA) is 38.0 Å². The standard InChI is InChI=1S/C12H10ClIN2/c13-11-6-8(14)4-5-12(11)16-10-3-1-2-9(15)7-10/h1-7,16H,15H2. The molecule has 0 aliphatic rings. The summed E-state index contributed by atoms with van der Waals surface area (Å²) in [6, 6.07) is 13.4. The van der Waals surface area contributed by atoms with Gasteiger partial charge in [-0.3, -0.25) is 0 Å². The van der Waals surface area contributed by atoms with E-state index in [1.807, 2.05) is 42.5 Å². The fraction of sp³-hybridized carbons (Fsp3) is 0. The Balaban J connectivity index is 2.27. The van der Waals surface area contributed by atoms with Crippen LogP contribution in [0.15, 0.2) is 42.5 Å². The van der Waals surface area contributed by atoms with Crippen molar-refractivity contribution in [2.45, 2.75) is 0 Å².